The van der Waals surface area contributed by atoms with Crippen LogP contribution >= 0.6 is 43.2 Å². The summed E-state index contributed by atoms with van der Waals surface area (Å²) in [7, 11) is 0. The first-order chi connectivity index (χ1) is 6.75. The molecule has 0 bridgehead atoms. The predicted octanol–water partition coefficient (Wildman–Crippen LogP) is 4.78. The molecule has 0 aliphatic heterocycles. The molecule has 0 saturated carbocycles. The van der Waals surface area contributed by atoms with Gasteiger partial charge in [0.2, 0.25) is 0 Å². The number of thiophene rings is 1. The van der Waals surface area contributed by atoms with Gasteiger partial charge in [-0.15, -0.1) is 0 Å². The smallest absolute Gasteiger partial charge is 0.169 e. The summed E-state index contributed by atoms with van der Waals surface area (Å²) in [6, 6.07) is 6.03. The third kappa shape index (κ3) is 2.49. The molecule has 1 unspecified atom stereocenters. The molecule has 1 atom stereocenters. The molecule has 0 aromatic carbocycles. The molecule has 2 aromatic heterocycles. The Bertz CT molecular complexity index is 394. The van der Waals surface area contributed by atoms with Gasteiger partial charge in [-0.2, -0.15) is 11.3 Å². The summed E-state index contributed by atoms with van der Waals surface area (Å²) >= 11 is 8.62. The molecule has 0 amide bonds. The highest BCUT2D eigenvalue weighted by Crippen LogP contribution is 2.30. The van der Waals surface area contributed by atoms with Gasteiger partial charge in [-0.1, -0.05) is 15.9 Å². The van der Waals surface area contributed by atoms with Crippen molar-refractivity contribution in [3.63, 3.8) is 0 Å². The van der Waals surface area contributed by atoms with Gasteiger partial charge < -0.3 is 4.42 Å². The molecule has 2 aromatic rings. The minimum absolute atomic E-state index is 0.253. The zero-order valence-electron chi connectivity index (χ0n) is 7.24. The van der Waals surface area contributed by atoms with Crippen LogP contribution in [-0.4, -0.2) is 0 Å². The standard InChI is InChI=1S/C10H8Br2OS/c11-8(5-7-3-4-14-6-7)9-1-2-10(12)13-9/h1-4,6,8H,5H2. The van der Waals surface area contributed by atoms with Crippen LogP contribution in [0, 0.1) is 0 Å². The normalized spacial score (nSPS) is 13.0. The summed E-state index contributed by atoms with van der Waals surface area (Å²) in [5.41, 5.74) is 1.34. The van der Waals surface area contributed by atoms with Crippen molar-refractivity contribution in [2.45, 2.75) is 11.2 Å². The Hall–Kier alpha value is -0.0600. The van der Waals surface area contributed by atoms with Gasteiger partial charge in [0.15, 0.2) is 4.67 Å². The van der Waals surface area contributed by atoms with Crippen LogP contribution in [0.5, 0.6) is 0 Å². The Labute approximate surface area is 103 Å². The first kappa shape index (κ1) is 10.5. The second kappa shape index (κ2) is 4.64. The van der Waals surface area contributed by atoms with E-state index in [1.54, 1.807) is 11.3 Å². The van der Waals surface area contributed by atoms with E-state index in [9.17, 15) is 0 Å². The molecule has 0 aliphatic rings. The minimum atomic E-state index is 0.253. The zero-order valence-corrected chi connectivity index (χ0v) is 11.2. The van der Waals surface area contributed by atoms with E-state index in [0.717, 1.165) is 16.9 Å². The van der Waals surface area contributed by atoms with Gasteiger partial charge in [0.05, 0.1) is 4.83 Å². The molecule has 14 heavy (non-hydrogen) atoms. The zero-order chi connectivity index (χ0) is 9.97. The fourth-order valence-corrected chi connectivity index (χ4v) is 2.83. The van der Waals surface area contributed by atoms with E-state index < -0.39 is 0 Å². The summed E-state index contributed by atoms with van der Waals surface area (Å²) in [5, 5.41) is 4.25. The van der Waals surface area contributed by atoms with Gasteiger partial charge in [0, 0.05) is 0 Å². The maximum atomic E-state index is 5.47. The van der Waals surface area contributed by atoms with E-state index in [4.69, 9.17) is 4.42 Å². The highest BCUT2D eigenvalue weighted by Gasteiger charge is 2.12. The summed E-state index contributed by atoms with van der Waals surface area (Å²) < 4.78 is 6.25. The van der Waals surface area contributed by atoms with Crippen LogP contribution in [0.2, 0.25) is 0 Å². The van der Waals surface area contributed by atoms with E-state index in [1.807, 2.05) is 12.1 Å². The van der Waals surface area contributed by atoms with Crippen LogP contribution in [0.4, 0.5) is 0 Å². The Kier molecular flexibility index (Phi) is 3.47. The summed E-state index contributed by atoms with van der Waals surface area (Å²) in [4.78, 5) is 0.253. The third-order valence-corrected chi connectivity index (χ3v) is 3.83. The van der Waals surface area contributed by atoms with E-state index in [2.05, 4.69) is 48.7 Å². The Morgan fingerprint density at radius 1 is 1.36 bits per heavy atom. The average Bonchev–Trinajstić information content (AvgIpc) is 2.75. The monoisotopic (exact) mass is 334 g/mol. The third-order valence-electron chi connectivity index (χ3n) is 1.90. The van der Waals surface area contributed by atoms with Crippen LogP contribution in [0.25, 0.3) is 0 Å². The van der Waals surface area contributed by atoms with Gasteiger partial charge in [-0.3, -0.25) is 0 Å². The van der Waals surface area contributed by atoms with Gasteiger partial charge in [-0.25, -0.2) is 0 Å². The molecule has 74 valence electrons. The lowest BCUT2D eigenvalue weighted by molar-refractivity contribution is 0.486. The number of hydrogen-bond donors (Lipinski definition) is 0. The molecular weight excluding hydrogens is 328 g/mol. The highest BCUT2D eigenvalue weighted by molar-refractivity contribution is 9.10. The molecule has 0 radical (unpaired) electrons. The number of hydrogen-bond acceptors (Lipinski definition) is 2. The van der Waals surface area contributed by atoms with Crippen molar-refractivity contribution in [3.8, 4) is 0 Å². The van der Waals surface area contributed by atoms with E-state index >= 15 is 0 Å². The molecular formula is C10H8Br2OS. The highest BCUT2D eigenvalue weighted by atomic mass is 79.9. The van der Waals surface area contributed by atoms with Gasteiger partial charge in [0.25, 0.3) is 0 Å². The van der Waals surface area contributed by atoms with Crippen LogP contribution in [0.3, 0.4) is 0 Å². The maximum Gasteiger partial charge on any atom is 0.169 e. The van der Waals surface area contributed by atoms with Crippen LogP contribution < -0.4 is 0 Å². The SMILES string of the molecule is Brc1ccc(C(Br)Cc2ccsc2)o1. The Morgan fingerprint density at radius 2 is 2.21 bits per heavy atom. The van der Waals surface area contributed by atoms with Crippen LogP contribution in [-0.2, 0) is 6.42 Å². The molecule has 0 spiro atoms. The lowest BCUT2D eigenvalue weighted by Crippen LogP contribution is -1.91. The van der Waals surface area contributed by atoms with Crippen molar-refractivity contribution in [1.29, 1.82) is 0 Å². The summed E-state index contributed by atoms with van der Waals surface area (Å²) in [6.45, 7) is 0. The molecule has 1 nitrogen and oxygen atoms in total. The Balaban J connectivity index is 2.06. The van der Waals surface area contributed by atoms with Crippen molar-refractivity contribution >= 4 is 43.2 Å². The first-order valence-electron chi connectivity index (χ1n) is 4.16. The second-order valence-electron chi connectivity index (χ2n) is 2.95. The van der Waals surface area contributed by atoms with Crippen LogP contribution in [0.15, 0.2) is 38.0 Å². The summed E-state index contributed by atoms with van der Waals surface area (Å²) in [6.07, 6.45) is 0.962. The predicted molar refractivity (Wildman–Crippen MR) is 66.1 cm³/mol. The van der Waals surface area contributed by atoms with Crippen LogP contribution in [0.1, 0.15) is 16.2 Å². The molecule has 0 fully saturated rings. The van der Waals surface area contributed by atoms with Gasteiger partial charge >= 0.3 is 0 Å². The van der Waals surface area contributed by atoms with Crippen molar-refractivity contribution < 1.29 is 4.42 Å². The molecule has 2 heterocycles. The minimum Gasteiger partial charge on any atom is -0.453 e. The van der Waals surface area contributed by atoms with E-state index in [0.29, 0.717) is 0 Å². The first-order valence-corrected chi connectivity index (χ1v) is 6.81. The average molecular weight is 336 g/mol. The van der Waals surface area contributed by atoms with E-state index in [-0.39, 0.29) is 4.83 Å². The van der Waals surface area contributed by atoms with Crippen molar-refractivity contribution in [2.75, 3.05) is 0 Å². The second-order valence-corrected chi connectivity index (χ2v) is 5.61. The fourth-order valence-electron chi connectivity index (χ4n) is 1.21. The number of halogens is 2. The largest absolute Gasteiger partial charge is 0.453 e. The van der Waals surface area contributed by atoms with E-state index in [1.165, 1.54) is 5.56 Å². The van der Waals surface area contributed by atoms with Crippen molar-refractivity contribution in [2.24, 2.45) is 0 Å². The molecule has 0 aliphatic carbocycles. The van der Waals surface area contributed by atoms with Gasteiger partial charge in [-0.05, 0) is 56.9 Å². The van der Waals surface area contributed by atoms with Crippen molar-refractivity contribution in [1.82, 2.24) is 0 Å². The molecule has 0 saturated heterocycles. The maximum absolute atomic E-state index is 5.47. The molecule has 2 rings (SSSR count). The Morgan fingerprint density at radius 3 is 2.79 bits per heavy atom. The topological polar surface area (TPSA) is 13.1 Å². The lowest BCUT2D eigenvalue weighted by atomic mass is 10.1. The summed E-state index contributed by atoms with van der Waals surface area (Å²) in [5.74, 6) is 0.961. The quantitative estimate of drug-likeness (QED) is 0.735. The number of rotatable bonds is 3. The fraction of sp³-hybridized carbons (Fsp3) is 0.200. The molecule has 4 heteroatoms. The molecule has 0 N–H and O–H groups in total. The lowest BCUT2D eigenvalue weighted by Gasteiger charge is -2.04. The van der Waals surface area contributed by atoms with Crippen molar-refractivity contribution in [3.05, 3.63) is 45.0 Å². The number of alkyl halides is 1. The van der Waals surface area contributed by atoms with Gasteiger partial charge in [0.1, 0.15) is 5.76 Å². The number of furan rings is 1.